The first-order valence-electron chi connectivity index (χ1n) is 7.47. The van der Waals surface area contributed by atoms with Gasteiger partial charge in [0.1, 0.15) is 11.9 Å². The SMILES string of the molecule is Cc1ccc(C#N)c(N2CCC3(O)CCCCC3C2)n1. The number of anilines is 1. The Kier molecular flexibility index (Phi) is 3.39. The minimum absolute atomic E-state index is 0.318. The van der Waals surface area contributed by atoms with E-state index >= 15 is 0 Å². The Balaban J connectivity index is 1.86. The Labute approximate surface area is 120 Å². The van der Waals surface area contributed by atoms with E-state index in [9.17, 15) is 10.4 Å². The maximum Gasteiger partial charge on any atom is 0.146 e. The van der Waals surface area contributed by atoms with Crippen molar-refractivity contribution in [3.8, 4) is 6.07 Å². The van der Waals surface area contributed by atoms with Gasteiger partial charge in [0.2, 0.25) is 0 Å². The summed E-state index contributed by atoms with van der Waals surface area (Å²) >= 11 is 0. The molecule has 2 atom stereocenters. The average Bonchev–Trinajstić information content (AvgIpc) is 2.46. The molecule has 1 saturated heterocycles. The van der Waals surface area contributed by atoms with Gasteiger partial charge in [-0.25, -0.2) is 4.98 Å². The van der Waals surface area contributed by atoms with Gasteiger partial charge >= 0.3 is 0 Å². The second kappa shape index (κ2) is 5.06. The first-order chi connectivity index (χ1) is 9.62. The molecular formula is C16H21N3O. The Morgan fingerprint density at radius 2 is 2.25 bits per heavy atom. The van der Waals surface area contributed by atoms with Crippen molar-refractivity contribution >= 4 is 5.82 Å². The van der Waals surface area contributed by atoms with Gasteiger partial charge in [-0.05, 0) is 38.3 Å². The van der Waals surface area contributed by atoms with Crippen molar-refractivity contribution in [2.24, 2.45) is 5.92 Å². The molecule has 1 aliphatic carbocycles. The predicted octanol–water partition coefficient (Wildman–Crippen LogP) is 2.39. The minimum atomic E-state index is -0.481. The summed E-state index contributed by atoms with van der Waals surface area (Å²) in [5.74, 6) is 1.11. The van der Waals surface area contributed by atoms with Crippen LogP contribution in [0.15, 0.2) is 12.1 Å². The highest BCUT2D eigenvalue weighted by Crippen LogP contribution is 2.40. The summed E-state index contributed by atoms with van der Waals surface area (Å²) in [7, 11) is 0. The summed E-state index contributed by atoms with van der Waals surface area (Å²) < 4.78 is 0. The zero-order valence-electron chi connectivity index (χ0n) is 12.0. The first kappa shape index (κ1) is 13.4. The quantitative estimate of drug-likeness (QED) is 0.852. The normalized spacial score (nSPS) is 29.6. The molecule has 0 spiro atoms. The van der Waals surface area contributed by atoms with Crippen molar-refractivity contribution in [3.63, 3.8) is 0 Å². The van der Waals surface area contributed by atoms with Gasteiger partial charge in [0.25, 0.3) is 0 Å². The zero-order chi connectivity index (χ0) is 14.2. The number of aliphatic hydroxyl groups is 1. The number of nitrogens with zero attached hydrogens (tertiary/aromatic N) is 3. The van der Waals surface area contributed by atoms with Gasteiger partial charge in [-0.15, -0.1) is 0 Å². The number of nitriles is 1. The van der Waals surface area contributed by atoms with Crippen molar-refractivity contribution in [1.29, 1.82) is 5.26 Å². The molecule has 1 aliphatic heterocycles. The fourth-order valence-electron chi connectivity index (χ4n) is 3.63. The first-order valence-corrected chi connectivity index (χ1v) is 7.47. The molecule has 4 heteroatoms. The predicted molar refractivity (Wildman–Crippen MR) is 77.4 cm³/mol. The number of rotatable bonds is 1. The van der Waals surface area contributed by atoms with E-state index in [0.717, 1.165) is 50.3 Å². The summed E-state index contributed by atoms with van der Waals surface area (Å²) in [6, 6.07) is 5.96. The molecule has 3 rings (SSSR count). The molecule has 1 N–H and O–H groups in total. The number of hydrogen-bond acceptors (Lipinski definition) is 4. The number of hydrogen-bond donors (Lipinski definition) is 1. The number of piperidine rings is 1. The van der Waals surface area contributed by atoms with Gasteiger partial charge in [-0.2, -0.15) is 5.26 Å². The van der Waals surface area contributed by atoms with Gasteiger partial charge in [0.05, 0.1) is 11.2 Å². The Morgan fingerprint density at radius 1 is 1.40 bits per heavy atom. The van der Waals surface area contributed by atoms with Crippen LogP contribution in [0.25, 0.3) is 0 Å². The average molecular weight is 271 g/mol. The topological polar surface area (TPSA) is 60.2 Å². The van der Waals surface area contributed by atoms with E-state index in [-0.39, 0.29) is 0 Å². The number of aryl methyl sites for hydroxylation is 1. The third kappa shape index (κ3) is 2.27. The number of pyridine rings is 1. The van der Waals surface area contributed by atoms with Crippen LogP contribution in [0, 0.1) is 24.2 Å². The molecule has 20 heavy (non-hydrogen) atoms. The summed E-state index contributed by atoms with van der Waals surface area (Å²) in [4.78, 5) is 6.74. The molecule has 106 valence electrons. The van der Waals surface area contributed by atoms with E-state index in [2.05, 4.69) is 16.0 Å². The molecule has 2 unspecified atom stereocenters. The smallest absolute Gasteiger partial charge is 0.146 e. The van der Waals surface area contributed by atoms with Crippen LogP contribution in [-0.2, 0) is 0 Å². The fraction of sp³-hybridized carbons (Fsp3) is 0.625. The highest BCUT2D eigenvalue weighted by atomic mass is 16.3. The Hall–Kier alpha value is -1.60. The van der Waals surface area contributed by atoms with Crippen molar-refractivity contribution in [1.82, 2.24) is 4.98 Å². The maximum absolute atomic E-state index is 10.7. The van der Waals surface area contributed by atoms with Crippen LogP contribution in [0.3, 0.4) is 0 Å². The number of aromatic nitrogens is 1. The maximum atomic E-state index is 10.7. The van der Waals surface area contributed by atoms with E-state index in [1.54, 1.807) is 0 Å². The lowest BCUT2D eigenvalue weighted by Gasteiger charge is -2.47. The molecule has 0 amide bonds. The summed E-state index contributed by atoms with van der Waals surface area (Å²) in [6.45, 7) is 3.56. The van der Waals surface area contributed by atoms with E-state index < -0.39 is 5.60 Å². The van der Waals surface area contributed by atoms with Gasteiger partial charge in [-0.1, -0.05) is 12.8 Å². The van der Waals surface area contributed by atoms with Crippen LogP contribution in [-0.4, -0.2) is 28.8 Å². The van der Waals surface area contributed by atoms with Crippen LogP contribution in [0.1, 0.15) is 43.4 Å². The summed E-state index contributed by atoms with van der Waals surface area (Å²) in [5, 5.41) is 20.0. The molecule has 1 aromatic heterocycles. The van der Waals surface area contributed by atoms with Gasteiger partial charge in [-0.3, -0.25) is 0 Å². The molecule has 2 aliphatic rings. The Bertz CT molecular complexity index is 551. The highest BCUT2D eigenvalue weighted by Gasteiger charge is 2.43. The molecule has 1 saturated carbocycles. The van der Waals surface area contributed by atoms with E-state index in [1.165, 1.54) is 6.42 Å². The second-order valence-corrected chi connectivity index (χ2v) is 6.18. The summed E-state index contributed by atoms with van der Waals surface area (Å²) in [6.07, 6.45) is 5.14. The van der Waals surface area contributed by atoms with Crippen LogP contribution in [0.2, 0.25) is 0 Å². The monoisotopic (exact) mass is 271 g/mol. The highest BCUT2D eigenvalue weighted by molar-refractivity contribution is 5.54. The van der Waals surface area contributed by atoms with E-state index in [4.69, 9.17) is 0 Å². The molecule has 0 aromatic carbocycles. The van der Waals surface area contributed by atoms with E-state index in [1.807, 2.05) is 19.1 Å². The van der Waals surface area contributed by atoms with Gasteiger partial charge in [0.15, 0.2) is 0 Å². The molecule has 4 nitrogen and oxygen atoms in total. The lowest BCUT2D eigenvalue weighted by atomic mass is 9.71. The lowest BCUT2D eigenvalue weighted by Crippen LogP contribution is -2.53. The van der Waals surface area contributed by atoms with Crippen LogP contribution in [0.5, 0.6) is 0 Å². The lowest BCUT2D eigenvalue weighted by molar-refractivity contribution is -0.0613. The largest absolute Gasteiger partial charge is 0.389 e. The van der Waals surface area contributed by atoms with Gasteiger partial charge < -0.3 is 10.0 Å². The second-order valence-electron chi connectivity index (χ2n) is 6.18. The van der Waals surface area contributed by atoms with Crippen LogP contribution >= 0.6 is 0 Å². The number of fused-ring (bicyclic) bond motifs is 1. The molecule has 0 radical (unpaired) electrons. The Morgan fingerprint density at radius 3 is 3.05 bits per heavy atom. The van der Waals surface area contributed by atoms with Crippen LogP contribution < -0.4 is 4.90 Å². The third-order valence-electron chi connectivity index (χ3n) is 4.86. The van der Waals surface area contributed by atoms with Crippen LogP contribution in [0.4, 0.5) is 5.82 Å². The third-order valence-corrected chi connectivity index (χ3v) is 4.86. The zero-order valence-corrected chi connectivity index (χ0v) is 12.0. The molecular weight excluding hydrogens is 250 g/mol. The minimum Gasteiger partial charge on any atom is -0.389 e. The van der Waals surface area contributed by atoms with Crippen molar-refractivity contribution in [3.05, 3.63) is 23.4 Å². The van der Waals surface area contributed by atoms with Gasteiger partial charge in [0, 0.05) is 24.7 Å². The fourth-order valence-corrected chi connectivity index (χ4v) is 3.63. The van der Waals surface area contributed by atoms with Crippen molar-refractivity contribution < 1.29 is 5.11 Å². The van der Waals surface area contributed by atoms with Crippen molar-refractivity contribution in [2.75, 3.05) is 18.0 Å². The molecule has 1 aromatic rings. The standard InChI is InChI=1S/C16H21N3O/c1-12-5-6-13(10-17)15(18-12)19-9-8-16(20)7-3-2-4-14(16)11-19/h5-6,14,20H,2-4,7-9,11H2,1H3. The van der Waals surface area contributed by atoms with E-state index in [0.29, 0.717) is 11.5 Å². The van der Waals surface area contributed by atoms with Crippen molar-refractivity contribution in [2.45, 2.75) is 44.6 Å². The summed E-state index contributed by atoms with van der Waals surface area (Å²) in [5.41, 5.74) is 1.09. The molecule has 2 heterocycles. The molecule has 2 fully saturated rings. The molecule has 0 bridgehead atoms.